The van der Waals surface area contributed by atoms with Crippen LogP contribution in [0.2, 0.25) is 5.02 Å². The number of hydrogen-bond acceptors (Lipinski definition) is 3. The molecule has 1 aromatic carbocycles. The van der Waals surface area contributed by atoms with E-state index in [0.717, 1.165) is 41.4 Å². The maximum atomic E-state index is 6.05. The van der Waals surface area contributed by atoms with E-state index in [1.165, 1.54) is 6.42 Å². The topological polar surface area (TPSA) is 39.1 Å². The van der Waals surface area contributed by atoms with Gasteiger partial charge in [0.15, 0.2) is 0 Å². The lowest BCUT2D eigenvalue weighted by molar-refractivity contribution is 0.187. The lowest BCUT2D eigenvalue weighted by atomic mass is 10.2. The Kier molecular flexibility index (Phi) is 3.73. The van der Waals surface area contributed by atoms with Gasteiger partial charge in [-0.3, -0.25) is 0 Å². The van der Waals surface area contributed by atoms with Crippen molar-refractivity contribution in [3.63, 3.8) is 0 Å². The van der Waals surface area contributed by atoms with Crippen molar-refractivity contribution in [2.45, 2.75) is 25.4 Å². The Bertz CT molecular complexity index is 575. The largest absolute Gasteiger partial charge is 0.383 e. The number of nitrogens with zero attached hydrogens (tertiary/aromatic N) is 2. The van der Waals surface area contributed by atoms with E-state index in [0.29, 0.717) is 12.6 Å². The molecule has 0 saturated carbocycles. The van der Waals surface area contributed by atoms with E-state index in [9.17, 15) is 0 Å². The minimum Gasteiger partial charge on any atom is -0.383 e. The molecule has 2 heterocycles. The van der Waals surface area contributed by atoms with E-state index in [1.807, 2.05) is 18.2 Å². The first-order valence-corrected chi connectivity index (χ1v) is 7.05. The Hall–Kier alpha value is -1.10. The number of ether oxygens (including phenoxy) is 1. The van der Waals surface area contributed by atoms with Crippen LogP contribution in [0.25, 0.3) is 11.0 Å². The van der Waals surface area contributed by atoms with Crippen LogP contribution < -0.4 is 5.32 Å². The van der Waals surface area contributed by atoms with Gasteiger partial charge in [0.05, 0.1) is 23.7 Å². The summed E-state index contributed by atoms with van der Waals surface area (Å²) >= 11 is 6.05. The first-order valence-electron chi connectivity index (χ1n) is 6.67. The molecule has 102 valence electrons. The van der Waals surface area contributed by atoms with Gasteiger partial charge in [0.25, 0.3) is 0 Å². The SMILES string of the molecule is COCCn1c(C2CCCN2)nc2cc(Cl)ccc21. The van der Waals surface area contributed by atoms with Crippen molar-refractivity contribution < 1.29 is 4.74 Å². The van der Waals surface area contributed by atoms with Crippen molar-refractivity contribution in [1.82, 2.24) is 14.9 Å². The minimum atomic E-state index is 0.350. The Balaban J connectivity index is 2.06. The van der Waals surface area contributed by atoms with Crippen molar-refractivity contribution in [2.24, 2.45) is 0 Å². The van der Waals surface area contributed by atoms with Gasteiger partial charge in [-0.15, -0.1) is 0 Å². The summed E-state index contributed by atoms with van der Waals surface area (Å²) in [6.07, 6.45) is 2.35. The molecule has 1 aliphatic rings. The molecule has 1 unspecified atom stereocenters. The summed E-state index contributed by atoms with van der Waals surface area (Å²) in [5.74, 6) is 1.10. The molecular weight excluding hydrogens is 262 g/mol. The van der Waals surface area contributed by atoms with Gasteiger partial charge in [-0.1, -0.05) is 11.6 Å². The highest BCUT2D eigenvalue weighted by molar-refractivity contribution is 6.31. The van der Waals surface area contributed by atoms with Crippen LogP contribution in [0.1, 0.15) is 24.7 Å². The van der Waals surface area contributed by atoms with Gasteiger partial charge in [-0.2, -0.15) is 0 Å². The number of fused-ring (bicyclic) bond motifs is 1. The van der Waals surface area contributed by atoms with Crippen molar-refractivity contribution in [1.29, 1.82) is 0 Å². The highest BCUT2D eigenvalue weighted by atomic mass is 35.5. The molecule has 1 aromatic heterocycles. The number of methoxy groups -OCH3 is 1. The van der Waals surface area contributed by atoms with E-state index >= 15 is 0 Å². The second-order valence-corrected chi connectivity index (χ2v) is 5.33. The predicted molar refractivity (Wildman–Crippen MR) is 76.6 cm³/mol. The van der Waals surface area contributed by atoms with Gasteiger partial charge in [-0.25, -0.2) is 4.98 Å². The Morgan fingerprint density at radius 1 is 1.53 bits per heavy atom. The van der Waals surface area contributed by atoms with Crippen molar-refractivity contribution in [3.8, 4) is 0 Å². The molecule has 0 spiro atoms. The highest BCUT2D eigenvalue weighted by Gasteiger charge is 2.23. The first kappa shape index (κ1) is 12.9. The Morgan fingerprint density at radius 3 is 3.16 bits per heavy atom. The molecule has 0 aliphatic carbocycles. The minimum absolute atomic E-state index is 0.350. The summed E-state index contributed by atoms with van der Waals surface area (Å²) in [4.78, 5) is 4.77. The molecule has 5 heteroatoms. The van der Waals surface area contributed by atoms with E-state index in [4.69, 9.17) is 21.3 Å². The van der Waals surface area contributed by atoms with Crippen LogP contribution in [0.5, 0.6) is 0 Å². The highest BCUT2D eigenvalue weighted by Crippen LogP contribution is 2.27. The molecule has 0 amide bonds. The summed E-state index contributed by atoms with van der Waals surface area (Å²) < 4.78 is 7.46. The van der Waals surface area contributed by atoms with E-state index in [2.05, 4.69) is 9.88 Å². The van der Waals surface area contributed by atoms with Gasteiger partial charge in [0.2, 0.25) is 0 Å². The summed E-state index contributed by atoms with van der Waals surface area (Å²) in [5.41, 5.74) is 2.09. The van der Waals surface area contributed by atoms with Gasteiger partial charge >= 0.3 is 0 Å². The van der Waals surface area contributed by atoms with Gasteiger partial charge in [0, 0.05) is 18.7 Å². The van der Waals surface area contributed by atoms with Crippen LogP contribution >= 0.6 is 11.6 Å². The monoisotopic (exact) mass is 279 g/mol. The van der Waals surface area contributed by atoms with Crippen LogP contribution in [0.4, 0.5) is 0 Å². The fraction of sp³-hybridized carbons (Fsp3) is 0.500. The van der Waals surface area contributed by atoms with Crippen LogP contribution in [-0.2, 0) is 11.3 Å². The maximum absolute atomic E-state index is 6.05. The third-order valence-electron chi connectivity index (χ3n) is 3.63. The maximum Gasteiger partial charge on any atom is 0.127 e. The fourth-order valence-corrected chi connectivity index (χ4v) is 2.88. The van der Waals surface area contributed by atoms with Gasteiger partial charge in [0.1, 0.15) is 5.82 Å². The second-order valence-electron chi connectivity index (χ2n) is 4.90. The lowest BCUT2D eigenvalue weighted by Crippen LogP contribution is -2.19. The van der Waals surface area contributed by atoms with Crippen molar-refractivity contribution >= 4 is 22.6 Å². The molecule has 1 aliphatic heterocycles. The predicted octanol–water partition coefficient (Wildman–Crippen LogP) is 2.76. The van der Waals surface area contributed by atoms with E-state index < -0.39 is 0 Å². The molecule has 0 radical (unpaired) electrons. The number of aromatic nitrogens is 2. The Labute approximate surface area is 117 Å². The fourth-order valence-electron chi connectivity index (χ4n) is 2.71. The molecular formula is C14H18ClN3O. The van der Waals surface area contributed by atoms with Crippen LogP contribution in [0.15, 0.2) is 18.2 Å². The molecule has 0 bridgehead atoms. The van der Waals surface area contributed by atoms with Gasteiger partial charge in [-0.05, 0) is 37.6 Å². The molecule has 1 saturated heterocycles. The molecule has 4 nitrogen and oxygen atoms in total. The van der Waals surface area contributed by atoms with Crippen molar-refractivity contribution in [3.05, 3.63) is 29.0 Å². The molecule has 1 atom stereocenters. The molecule has 19 heavy (non-hydrogen) atoms. The zero-order chi connectivity index (χ0) is 13.2. The summed E-state index contributed by atoms with van der Waals surface area (Å²) in [6, 6.07) is 6.24. The van der Waals surface area contributed by atoms with Crippen LogP contribution in [0.3, 0.4) is 0 Å². The summed E-state index contributed by atoms with van der Waals surface area (Å²) in [7, 11) is 1.73. The average molecular weight is 280 g/mol. The number of benzene rings is 1. The summed E-state index contributed by atoms with van der Waals surface area (Å²) in [6.45, 7) is 2.58. The smallest absolute Gasteiger partial charge is 0.127 e. The molecule has 1 N–H and O–H groups in total. The van der Waals surface area contributed by atoms with Crippen molar-refractivity contribution in [2.75, 3.05) is 20.3 Å². The van der Waals surface area contributed by atoms with Gasteiger partial charge < -0.3 is 14.6 Å². The summed E-state index contributed by atoms with van der Waals surface area (Å²) in [5, 5.41) is 4.24. The third kappa shape index (κ3) is 2.48. The normalized spacial score (nSPS) is 19.4. The number of nitrogens with one attached hydrogen (secondary N) is 1. The molecule has 3 rings (SSSR count). The average Bonchev–Trinajstić information content (AvgIpc) is 3.02. The lowest BCUT2D eigenvalue weighted by Gasteiger charge is -2.13. The van der Waals surface area contributed by atoms with Crippen LogP contribution in [0, 0.1) is 0 Å². The first-order chi connectivity index (χ1) is 9.29. The number of hydrogen-bond donors (Lipinski definition) is 1. The number of rotatable bonds is 4. The van der Waals surface area contributed by atoms with E-state index in [-0.39, 0.29) is 0 Å². The standard InChI is InChI=1S/C14H18ClN3O/c1-19-8-7-18-13-5-4-10(15)9-12(13)17-14(18)11-3-2-6-16-11/h4-5,9,11,16H,2-3,6-8H2,1H3. The number of halogens is 1. The zero-order valence-corrected chi connectivity index (χ0v) is 11.8. The quantitative estimate of drug-likeness (QED) is 0.935. The second kappa shape index (κ2) is 5.49. The Morgan fingerprint density at radius 2 is 2.42 bits per heavy atom. The third-order valence-corrected chi connectivity index (χ3v) is 3.87. The molecule has 2 aromatic rings. The molecule has 1 fully saturated rings. The van der Waals surface area contributed by atoms with E-state index in [1.54, 1.807) is 7.11 Å². The van der Waals surface area contributed by atoms with Crippen LogP contribution in [-0.4, -0.2) is 29.8 Å². The zero-order valence-electron chi connectivity index (χ0n) is 11.0. The number of imidazole rings is 1.